The first kappa shape index (κ1) is 11.7. The Morgan fingerprint density at radius 3 is 2.76 bits per heavy atom. The van der Waals surface area contributed by atoms with E-state index in [9.17, 15) is 12.8 Å². The molecule has 1 heterocycles. The van der Waals surface area contributed by atoms with E-state index in [0.29, 0.717) is 0 Å². The van der Waals surface area contributed by atoms with Gasteiger partial charge in [0.15, 0.2) is 0 Å². The summed E-state index contributed by atoms with van der Waals surface area (Å²) in [6, 6.07) is 3.33. The zero-order chi connectivity index (χ0) is 12.5. The smallest absolute Gasteiger partial charge is 0.266 e. The van der Waals surface area contributed by atoms with Gasteiger partial charge in [-0.2, -0.15) is 0 Å². The predicted octanol–water partition coefficient (Wildman–Crippen LogP) is 1.06. The molecule has 0 saturated heterocycles. The lowest BCUT2D eigenvalue weighted by atomic mass is 10.3. The SMILES string of the molecule is Nc1ccc(S(=O)(=O)Nc2nncs2)c(F)c1. The molecule has 17 heavy (non-hydrogen) atoms. The number of hydrogen-bond donors (Lipinski definition) is 2. The van der Waals surface area contributed by atoms with Crippen molar-refractivity contribution in [3.8, 4) is 0 Å². The van der Waals surface area contributed by atoms with Crippen molar-refractivity contribution in [3.63, 3.8) is 0 Å². The molecule has 0 spiro atoms. The van der Waals surface area contributed by atoms with E-state index >= 15 is 0 Å². The van der Waals surface area contributed by atoms with Gasteiger partial charge in [-0.05, 0) is 18.2 Å². The second-order valence-electron chi connectivity index (χ2n) is 3.04. The fourth-order valence-electron chi connectivity index (χ4n) is 1.12. The summed E-state index contributed by atoms with van der Waals surface area (Å²) in [7, 11) is -4.00. The van der Waals surface area contributed by atoms with Gasteiger partial charge in [0.2, 0.25) is 5.13 Å². The molecule has 0 aliphatic rings. The number of hydrogen-bond acceptors (Lipinski definition) is 6. The van der Waals surface area contributed by atoms with Crippen LogP contribution in [0.2, 0.25) is 0 Å². The van der Waals surface area contributed by atoms with Crippen LogP contribution in [0.25, 0.3) is 0 Å². The van der Waals surface area contributed by atoms with Gasteiger partial charge < -0.3 is 5.73 Å². The molecule has 0 amide bonds. The van der Waals surface area contributed by atoms with E-state index in [1.54, 1.807) is 0 Å². The van der Waals surface area contributed by atoms with E-state index in [-0.39, 0.29) is 10.8 Å². The Hall–Kier alpha value is -1.74. The van der Waals surface area contributed by atoms with Crippen molar-refractivity contribution in [2.75, 3.05) is 10.5 Å². The minimum atomic E-state index is -4.00. The topological polar surface area (TPSA) is 98.0 Å². The minimum Gasteiger partial charge on any atom is -0.399 e. The van der Waals surface area contributed by atoms with Crippen LogP contribution in [0.4, 0.5) is 15.2 Å². The summed E-state index contributed by atoms with van der Waals surface area (Å²) in [5.74, 6) is -0.915. The molecule has 90 valence electrons. The third-order valence-electron chi connectivity index (χ3n) is 1.83. The lowest BCUT2D eigenvalue weighted by molar-refractivity contribution is 0.571. The molecule has 0 fully saturated rings. The van der Waals surface area contributed by atoms with E-state index in [0.717, 1.165) is 23.5 Å². The van der Waals surface area contributed by atoms with Gasteiger partial charge in [0.1, 0.15) is 16.2 Å². The minimum absolute atomic E-state index is 0.0706. The van der Waals surface area contributed by atoms with Crippen molar-refractivity contribution < 1.29 is 12.8 Å². The normalized spacial score (nSPS) is 11.4. The first-order valence-corrected chi connectivity index (χ1v) is 6.69. The van der Waals surface area contributed by atoms with Gasteiger partial charge in [0.25, 0.3) is 10.0 Å². The Morgan fingerprint density at radius 2 is 2.18 bits per heavy atom. The number of nitrogen functional groups attached to an aromatic ring is 1. The van der Waals surface area contributed by atoms with E-state index in [2.05, 4.69) is 14.9 Å². The Kier molecular flexibility index (Phi) is 2.94. The largest absolute Gasteiger partial charge is 0.399 e. The second-order valence-corrected chi connectivity index (χ2v) is 5.52. The second kappa shape index (κ2) is 4.26. The summed E-state index contributed by atoms with van der Waals surface area (Å²) in [5, 5.41) is 7.04. The Balaban J connectivity index is 2.38. The summed E-state index contributed by atoms with van der Waals surface area (Å²) in [6.07, 6.45) is 0. The highest BCUT2D eigenvalue weighted by molar-refractivity contribution is 7.93. The van der Waals surface area contributed by atoms with Crippen LogP contribution in [0, 0.1) is 5.82 Å². The molecule has 6 nitrogen and oxygen atoms in total. The molecule has 0 radical (unpaired) electrons. The Bertz CT molecular complexity index is 627. The lowest BCUT2D eigenvalue weighted by Crippen LogP contribution is -2.14. The molecule has 3 N–H and O–H groups in total. The predicted molar refractivity (Wildman–Crippen MR) is 61.5 cm³/mol. The zero-order valence-electron chi connectivity index (χ0n) is 8.29. The number of nitrogens with two attached hydrogens (primary N) is 1. The molecule has 0 aliphatic carbocycles. The monoisotopic (exact) mass is 274 g/mol. The number of nitrogens with zero attached hydrogens (tertiary/aromatic N) is 2. The molecule has 0 aliphatic heterocycles. The fraction of sp³-hybridized carbons (Fsp3) is 0. The van der Waals surface area contributed by atoms with Crippen molar-refractivity contribution >= 4 is 32.2 Å². The van der Waals surface area contributed by atoms with Crippen molar-refractivity contribution in [1.82, 2.24) is 10.2 Å². The van der Waals surface area contributed by atoms with Crippen LogP contribution in [-0.4, -0.2) is 18.6 Å². The van der Waals surface area contributed by atoms with E-state index in [1.807, 2.05) is 0 Å². The average Bonchev–Trinajstić information content (AvgIpc) is 2.68. The van der Waals surface area contributed by atoms with Crippen LogP contribution >= 0.6 is 11.3 Å². The van der Waals surface area contributed by atoms with Crippen LogP contribution in [-0.2, 0) is 10.0 Å². The lowest BCUT2D eigenvalue weighted by Gasteiger charge is -2.06. The van der Waals surface area contributed by atoms with Gasteiger partial charge in [-0.1, -0.05) is 11.3 Å². The molecule has 1 aromatic carbocycles. The van der Waals surface area contributed by atoms with Gasteiger partial charge >= 0.3 is 0 Å². The molecule has 9 heteroatoms. The number of rotatable bonds is 3. The summed E-state index contributed by atoms with van der Waals surface area (Å²) in [6.45, 7) is 0. The van der Waals surface area contributed by atoms with Crippen molar-refractivity contribution in [2.24, 2.45) is 0 Å². The molecular formula is C8H7FN4O2S2. The molecule has 0 saturated carbocycles. The van der Waals surface area contributed by atoms with Crippen LogP contribution in [0.3, 0.4) is 0 Å². The Labute approximate surface area is 100 Å². The summed E-state index contributed by atoms with van der Waals surface area (Å²) in [5.41, 5.74) is 6.84. The summed E-state index contributed by atoms with van der Waals surface area (Å²) < 4.78 is 39.1. The van der Waals surface area contributed by atoms with Crippen LogP contribution in [0.5, 0.6) is 0 Å². The quantitative estimate of drug-likeness (QED) is 0.815. The number of aromatic nitrogens is 2. The van der Waals surface area contributed by atoms with E-state index in [1.165, 1.54) is 11.6 Å². The fourth-order valence-corrected chi connectivity index (χ4v) is 2.88. The van der Waals surface area contributed by atoms with Gasteiger partial charge in [-0.3, -0.25) is 4.72 Å². The van der Waals surface area contributed by atoms with Gasteiger partial charge in [-0.25, -0.2) is 12.8 Å². The first-order chi connectivity index (χ1) is 7.99. The number of anilines is 2. The molecular weight excluding hydrogens is 267 g/mol. The van der Waals surface area contributed by atoms with Gasteiger partial charge in [0.05, 0.1) is 0 Å². The number of nitrogens with one attached hydrogen (secondary N) is 1. The Morgan fingerprint density at radius 1 is 1.41 bits per heavy atom. The highest BCUT2D eigenvalue weighted by Gasteiger charge is 2.20. The van der Waals surface area contributed by atoms with E-state index in [4.69, 9.17) is 5.73 Å². The van der Waals surface area contributed by atoms with Crippen molar-refractivity contribution in [3.05, 3.63) is 29.5 Å². The van der Waals surface area contributed by atoms with Gasteiger partial charge in [0, 0.05) is 5.69 Å². The third-order valence-corrected chi connectivity index (χ3v) is 3.94. The molecule has 0 bridgehead atoms. The third kappa shape index (κ3) is 2.50. The van der Waals surface area contributed by atoms with E-state index < -0.39 is 20.7 Å². The zero-order valence-corrected chi connectivity index (χ0v) is 9.93. The summed E-state index contributed by atoms with van der Waals surface area (Å²) >= 11 is 0.994. The summed E-state index contributed by atoms with van der Waals surface area (Å²) in [4.78, 5) is -0.484. The van der Waals surface area contributed by atoms with Gasteiger partial charge in [-0.15, -0.1) is 10.2 Å². The van der Waals surface area contributed by atoms with Crippen LogP contribution < -0.4 is 10.5 Å². The highest BCUT2D eigenvalue weighted by atomic mass is 32.2. The maximum atomic E-state index is 13.4. The highest BCUT2D eigenvalue weighted by Crippen LogP contribution is 2.20. The number of benzene rings is 1. The molecule has 0 atom stereocenters. The van der Waals surface area contributed by atoms with Crippen molar-refractivity contribution in [1.29, 1.82) is 0 Å². The molecule has 2 aromatic rings. The average molecular weight is 274 g/mol. The number of halogens is 1. The molecule has 0 unspecified atom stereocenters. The number of sulfonamides is 1. The maximum absolute atomic E-state index is 13.4. The standard InChI is InChI=1S/C8H7FN4O2S2/c9-6-3-5(10)1-2-7(6)17(14,15)13-8-12-11-4-16-8/h1-4H,10H2,(H,12,13). The van der Waals surface area contributed by atoms with Crippen LogP contribution in [0.15, 0.2) is 28.6 Å². The van der Waals surface area contributed by atoms with Crippen LogP contribution in [0.1, 0.15) is 0 Å². The molecule has 2 rings (SSSR count). The van der Waals surface area contributed by atoms with Crippen molar-refractivity contribution in [2.45, 2.75) is 4.90 Å². The maximum Gasteiger partial charge on any atom is 0.266 e. The first-order valence-electron chi connectivity index (χ1n) is 4.33. The molecule has 1 aromatic heterocycles.